The van der Waals surface area contributed by atoms with Crippen molar-refractivity contribution in [3.63, 3.8) is 0 Å². The first-order valence-electron chi connectivity index (χ1n) is 8.71. The van der Waals surface area contributed by atoms with Gasteiger partial charge in [0.1, 0.15) is 5.76 Å². The van der Waals surface area contributed by atoms with Crippen LogP contribution in [0.1, 0.15) is 42.3 Å². The van der Waals surface area contributed by atoms with Crippen LogP contribution in [-0.4, -0.2) is 18.5 Å². The molecule has 0 radical (unpaired) electrons. The van der Waals surface area contributed by atoms with Crippen molar-refractivity contribution in [3.05, 3.63) is 82.6 Å². The summed E-state index contributed by atoms with van der Waals surface area (Å²) in [5.41, 5.74) is 2.94. The molecule has 0 unspecified atom stereocenters. The highest BCUT2D eigenvalue weighted by Gasteiger charge is 2.16. The molecule has 0 aromatic heterocycles. The van der Waals surface area contributed by atoms with Gasteiger partial charge in [0.15, 0.2) is 0 Å². The molecule has 0 amide bonds. The predicted octanol–water partition coefficient (Wildman–Crippen LogP) is 4.49. The van der Waals surface area contributed by atoms with E-state index in [0.717, 1.165) is 18.4 Å². The summed E-state index contributed by atoms with van der Waals surface area (Å²) in [6.07, 6.45) is 1.57. The van der Waals surface area contributed by atoms with Crippen molar-refractivity contribution in [1.29, 1.82) is 0 Å². The standard InChI is InChI=1S/C22H24O4/c1-4-25-21(23)16(2)17(3)26-22(24)20-13-9-8-12-19(20)15-14-18-10-6-5-7-11-18/h5-13H,4,14-15H2,1-3H3/b17-16+. The maximum absolute atomic E-state index is 12.6. The Morgan fingerprint density at radius 2 is 1.54 bits per heavy atom. The molecule has 4 nitrogen and oxygen atoms in total. The van der Waals surface area contributed by atoms with Crippen LogP contribution in [0, 0.1) is 0 Å². The second kappa shape index (κ2) is 9.56. The molecule has 0 saturated heterocycles. The van der Waals surface area contributed by atoms with Crippen LogP contribution in [-0.2, 0) is 27.1 Å². The van der Waals surface area contributed by atoms with Gasteiger partial charge in [0, 0.05) is 0 Å². The zero-order chi connectivity index (χ0) is 18.9. The number of benzene rings is 2. The highest BCUT2D eigenvalue weighted by molar-refractivity contribution is 5.93. The van der Waals surface area contributed by atoms with Crippen LogP contribution < -0.4 is 0 Å². The topological polar surface area (TPSA) is 52.6 Å². The lowest BCUT2D eigenvalue weighted by molar-refractivity contribution is -0.138. The normalized spacial score (nSPS) is 11.5. The number of aryl methyl sites for hydroxylation is 2. The molecule has 2 aromatic rings. The van der Waals surface area contributed by atoms with Gasteiger partial charge in [0.25, 0.3) is 0 Å². The molecule has 4 heteroatoms. The van der Waals surface area contributed by atoms with Crippen molar-refractivity contribution in [1.82, 2.24) is 0 Å². The van der Waals surface area contributed by atoms with Crippen molar-refractivity contribution in [2.75, 3.05) is 6.61 Å². The first-order chi connectivity index (χ1) is 12.5. The Morgan fingerprint density at radius 3 is 2.23 bits per heavy atom. The Balaban J connectivity index is 2.11. The fraction of sp³-hybridized carbons (Fsp3) is 0.273. The molecule has 136 valence electrons. The number of allylic oxidation sites excluding steroid dienone is 1. The van der Waals surface area contributed by atoms with Gasteiger partial charge >= 0.3 is 11.9 Å². The summed E-state index contributed by atoms with van der Waals surface area (Å²) in [7, 11) is 0. The highest BCUT2D eigenvalue weighted by atomic mass is 16.5. The third-order valence-electron chi connectivity index (χ3n) is 4.12. The summed E-state index contributed by atoms with van der Waals surface area (Å²) >= 11 is 0. The van der Waals surface area contributed by atoms with Crippen LogP contribution in [0.15, 0.2) is 65.9 Å². The molecule has 0 fully saturated rings. The molecular weight excluding hydrogens is 328 g/mol. The maximum atomic E-state index is 12.6. The lowest BCUT2D eigenvalue weighted by atomic mass is 10.00. The van der Waals surface area contributed by atoms with Crippen LogP contribution in [0.25, 0.3) is 0 Å². The summed E-state index contributed by atoms with van der Waals surface area (Å²) in [4.78, 5) is 24.3. The molecule has 0 aliphatic carbocycles. The van der Waals surface area contributed by atoms with Gasteiger partial charge in [0.05, 0.1) is 17.7 Å². The fourth-order valence-corrected chi connectivity index (χ4v) is 2.51. The van der Waals surface area contributed by atoms with Gasteiger partial charge in [-0.25, -0.2) is 9.59 Å². The largest absolute Gasteiger partial charge is 0.463 e. The zero-order valence-corrected chi connectivity index (χ0v) is 15.5. The predicted molar refractivity (Wildman–Crippen MR) is 101 cm³/mol. The van der Waals surface area contributed by atoms with Gasteiger partial charge in [0.2, 0.25) is 0 Å². The van der Waals surface area contributed by atoms with Crippen LogP contribution in [0.3, 0.4) is 0 Å². The molecule has 26 heavy (non-hydrogen) atoms. The van der Waals surface area contributed by atoms with E-state index in [0.29, 0.717) is 11.1 Å². The van der Waals surface area contributed by atoms with Crippen molar-refractivity contribution in [2.45, 2.75) is 33.6 Å². The number of esters is 2. The van der Waals surface area contributed by atoms with Gasteiger partial charge in [-0.1, -0.05) is 48.5 Å². The number of carbonyl (C=O) groups excluding carboxylic acids is 2. The van der Waals surface area contributed by atoms with E-state index in [1.54, 1.807) is 32.9 Å². The van der Waals surface area contributed by atoms with Gasteiger partial charge in [-0.05, 0) is 50.8 Å². The molecule has 0 bridgehead atoms. The summed E-state index contributed by atoms with van der Waals surface area (Å²) in [6.45, 7) is 5.19. The Hall–Kier alpha value is -2.88. The van der Waals surface area contributed by atoms with E-state index in [2.05, 4.69) is 12.1 Å². The van der Waals surface area contributed by atoms with Crippen molar-refractivity contribution in [2.24, 2.45) is 0 Å². The lowest BCUT2D eigenvalue weighted by Gasteiger charge is -2.11. The smallest absolute Gasteiger partial charge is 0.343 e. The van der Waals surface area contributed by atoms with E-state index < -0.39 is 11.9 Å². The Morgan fingerprint density at radius 1 is 0.885 bits per heavy atom. The van der Waals surface area contributed by atoms with E-state index in [4.69, 9.17) is 9.47 Å². The minimum Gasteiger partial charge on any atom is -0.463 e. The first-order valence-corrected chi connectivity index (χ1v) is 8.71. The SMILES string of the molecule is CCOC(=O)/C(C)=C(\C)OC(=O)c1ccccc1CCc1ccccc1. The Bertz CT molecular complexity index is 791. The third-order valence-corrected chi connectivity index (χ3v) is 4.12. The Labute approximate surface area is 154 Å². The summed E-state index contributed by atoms with van der Waals surface area (Å²) in [5, 5.41) is 0. The summed E-state index contributed by atoms with van der Waals surface area (Å²) in [5.74, 6) is -0.684. The second-order valence-corrected chi connectivity index (χ2v) is 5.93. The van der Waals surface area contributed by atoms with Crippen LogP contribution in [0.4, 0.5) is 0 Å². The van der Waals surface area contributed by atoms with Crippen LogP contribution >= 0.6 is 0 Å². The Kier molecular flexibility index (Phi) is 7.15. The number of rotatable bonds is 7. The fourth-order valence-electron chi connectivity index (χ4n) is 2.51. The molecule has 0 spiro atoms. The highest BCUT2D eigenvalue weighted by Crippen LogP contribution is 2.17. The van der Waals surface area contributed by atoms with Crippen molar-refractivity contribution in [3.8, 4) is 0 Å². The summed E-state index contributed by atoms with van der Waals surface area (Å²) in [6, 6.07) is 17.5. The van der Waals surface area contributed by atoms with Crippen molar-refractivity contribution < 1.29 is 19.1 Å². The average Bonchev–Trinajstić information content (AvgIpc) is 2.66. The lowest BCUT2D eigenvalue weighted by Crippen LogP contribution is -2.12. The van der Waals surface area contributed by atoms with E-state index in [1.807, 2.05) is 30.3 Å². The molecule has 0 N–H and O–H groups in total. The molecule has 2 rings (SSSR count). The van der Waals surface area contributed by atoms with Crippen LogP contribution in [0.5, 0.6) is 0 Å². The molecule has 0 aliphatic heterocycles. The zero-order valence-electron chi connectivity index (χ0n) is 15.5. The number of hydrogen-bond donors (Lipinski definition) is 0. The maximum Gasteiger partial charge on any atom is 0.343 e. The van der Waals surface area contributed by atoms with E-state index >= 15 is 0 Å². The van der Waals surface area contributed by atoms with E-state index in [9.17, 15) is 9.59 Å². The number of hydrogen-bond acceptors (Lipinski definition) is 4. The third kappa shape index (κ3) is 5.31. The van der Waals surface area contributed by atoms with Gasteiger partial charge in [-0.15, -0.1) is 0 Å². The first kappa shape index (κ1) is 19.4. The number of carbonyl (C=O) groups is 2. The molecule has 0 atom stereocenters. The molecule has 0 aliphatic rings. The second-order valence-electron chi connectivity index (χ2n) is 5.93. The monoisotopic (exact) mass is 352 g/mol. The van der Waals surface area contributed by atoms with Crippen LogP contribution in [0.2, 0.25) is 0 Å². The van der Waals surface area contributed by atoms with Gasteiger partial charge in [-0.2, -0.15) is 0 Å². The number of ether oxygens (including phenoxy) is 2. The van der Waals surface area contributed by atoms with Crippen molar-refractivity contribution >= 4 is 11.9 Å². The van der Waals surface area contributed by atoms with E-state index in [-0.39, 0.29) is 12.4 Å². The minimum atomic E-state index is -0.477. The molecule has 0 heterocycles. The van der Waals surface area contributed by atoms with Gasteiger partial charge in [-0.3, -0.25) is 0 Å². The van der Waals surface area contributed by atoms with Gasteiger partial charge < -0.3 is 9.47 Å². The van der Waals surface area contributed by atoms with E-state index in [1.165, 1.54) is 5.56 Å². The summed E-state index contributed by atoms with van der Waals surface area (Å²) < 4.78 is 10.3. The molecular formula is C22H24O4. The average molecular weight is 352 g/mol. The minimum absolute atomic E-state index is 0.256. The molecule has 2 aromatic carbocycles. The quantitative estimate of drug-likeness (QED) is 0.419. The molecule has 0 saturated carbocycles.